The molecule has 0 amide bonds. The standard InChI is InChI=1S/C15H14N4/c16-11-3-4-13-12(8-11)15(19-18-13)10-5-6-17-14(7-10)9-1-2-9/h3-9H,1-2,16H2,(H,18,19). The lowest BCUT2D eigenvalue weighted by Gasteiger charge is -2.02. The maximum atomic E-state index is 5.86. The quantitative estimate of drug-likeness (QED) is 0.687. The number of rotatable bonds is 2. The average Bonchev–Trinajstić information content (AvgIpc) is 3.20. The van der Waals surface area contributed by atoms with E-state index in [9.17, 15) is 0 Å². The van der Waals surface area contributed by atoms with Gasteiger partial charge in [0, 0.05) is 34.4 Å². The first-order chi connectivity index (χ1) is 9.31. The summed E-state index contributed by atoms with van der Waals surface area (Å²) in [5.74, 6) is 0.648. The SMILES string of the molecule is Nc1ccc2[nH]nc(-c3ccnc(C4CC4)c3)c2c1. The summed E-state index contributed by atoms with van der Waals surface area (Å²) < 4.78 is 0. The van der Waals surface area contributed by atoms with Gasteiger partial charge in [-0.05, 0) is 43.2 Å². The molecule has 1 aliphatic carbocycles. The normalized spacial score (nSPS) is 14.9. The van der Waals surface area contributed by atoms with Gasteiger partial charge in [0.2, 0.25) is 0 Å². The smallest absolute Gasteiger partial charge is 0.100 e. The average molecular weight is 250 g/mol. The van der Waals surface area contributed by atoms with Crippen LogP contribution in [0.25, 0.3) is 22.2 Å². The molecule has 4 heteroatoms. The maximum Gasteiger partial charge on any atom is 0.100 e. The van der Waals surface area contributed by atoms with Crippen LogP contribution < -0.4 is 5.73 Å². The minimum absolute atomic E-state index is 0.648. The Labute approximate surface area is 110 Å². The largest absolute Gasteiger partial charge is 0.399 e. The summed E-state index contributed by atoms with van der Waals surface area (Å²) in [5.41, 5.74) is 10.9. The summed E-state index contributed by atoms with van der Waals surface area (Å²) in [4.78, 5) is 4.45. The van der Waals surface area contributed by atoms with Crippen LogP contribution in [0.2, 0.25) is 0 Å². The van der Waals surface area contributed by atoms with Crippen molar-refractivity contribution < 1.29 is 0 Å². The van der Waals surface area contributed by atoms with E-state index in [0.29, 0.717) is 5.92 Å². The van der Waals surface area contributed by atoms with Crippen molar-refractivity contribution in [1.29, 1.82) is 0 Å². The number of hydrogen-bond donors (Lipinski definition) is 2. The van der Waals surface area contributed by atoms with E-state index in [4.69, 9.17) is 5.73 Å². The van der Waals surface area contributed by atoms with Crippen LogP contribution in [-0.2, 0) is 0 Å². The van der Waals surface area contributed by atoms with Crippen LogP contribution in [0.5, 0.6) is 0 Å². The highest BCUT2D eigenvalue weighted by atomic mass is 15.1. The van der Waals surface area contributed by atoms with Crippen LogP contribution in [0, 0.1) is 0 Å². The van der Waals surface area contributed by atoms with E-state index in [-0.39, 0.29) is 0 Å². The van der Waals surface area contributed by atoms with Crippen molar-refractivity contribution in [3.05, 3.63) is 42.2 Å². The highest BCUT2D eigenvalue weighted by molar-refractivity contribution is 5.94. The lowest BCUT2D eigenvalue weighted by molar-refractivity contribution is 1.02. The first-order valence-corrected chi connectivity index (χ1v) is 6.51. The number of aromatic amines is 1. The lowest BCUT2D eigenvalue weighted by Crippen LogP contribution is -1.88. The molecule has 3 N–H and O–H groups in total. The fraction of sp³-hybridized carbons (Fsp3) is 0.200. The fourth-order valence-electron chi connectivity index (χ4n) is 2.45. The number of pyridine rings is 1. The zero-order valence-electron chi connectivity index (χ0n) is 10.4. The van der Waals surface area contributed by atoms with E-state index in [2.05, 4.69) is 21.2 Å². The molecule has 2 heterocycles. The van der Waals surface area contributed by atoms with Gasteiger partial charge in [0.05, 0.1) is 5.52 Å². The summed E-state index contributed by atoms with van der Waals surface area (Å²) in [6, 6.07) is 9.96. The molecule has 3 aromatic rings. The zero-order valence-corrected chi connectivity index (χ0v) is 10.4. The number of aromatic nitrogens is 3. The second-order valence-corrected chi connectivity index (χ2v) is 5.12. The topological polar surface area (TPSA) is 67.6 Å². The summed E-state index contributed by atoms with van der Waals surface area (Å²) in [6.45, 7) is 0. The molecular formula is C15H14N4. The summed E-state index contributed by atoms with van der Waals surface area (Å²) >= 11 is 0. The van der Waals surface area contributed by atoms with Crippen LogP contribution in [0.1, 0.15) is 24.5 Å². The molecule has 0 spiro atoms. The molecule has 0 radical (unpaired) electrons. The molecule has 19 heavy (non-hydrogen) atoms. The number of nitrogens with zero attached hydrogens (tertiary/aromatic N) is 2. The number of benzene rings is 1. The maximum absolute atomic E-state index is 5.86. The molecule has 4 nitrogen and oxygen atoms in total. The molecule has 0 unspecified atom stereocenters. The summed E-state index contributed by atoms with van der Waals surface area (Å²) in [6.07, 6.45) is 4.38. The first kappa shape index (κ1) is 10.6. The highest BCUT2D eigenvalue weighted by Crippen LogP contribution is 2.40. The molecule has 1 aromatic carbocycles. The summed E-state index contributed by atoms with van der Waals surface area (Å²) in [5, 5.41) is 8.53. The molecule has 1 aliphatic rings. The lowest BCUT2D eigenvalue weighted by atomic mass is 10.1. The van der Waals surface area contributed by atoms with Crippen molar-refractivity contribution in [2.45, 2.75) is 18.8 Å². The van der Waals surface area contributed by atoms with Crippen LogP contribution in [0.15, 0.2) is 36.5 Å². The zero-order chi connectivity index (χ0) is 12.8. The Balaban J connectivity index is 1.89. The second kappa shape index (κ2) is 3.82. The predicted octanol–water partition coefficient (Wildman–Crippen LogP) is 3.08. The Morgan fingerprint density at radius 3 is 2.89 bits per heavy atom. The third kappa shape index (κ3) is 1.76. The van der Waals surface area contributed by atoms with E-state index < -0.39 is 0 Å². The third-order valence-electron chi connectivity index (χ3n) is 3.64. The Hall–Kier alpha value is -2.36. The van der Waals surface area contributed by atoms with Crippen LogP contribution in [0.3, 0.4) is 0 Å². The van der Waals surface area contributed by atoms with Gasteiger partial charge in [-0.2, -0.15) is 5.10 Å². The number of H-pyrrole nitrogens is 1. The van der Waals surface area contributed by atoms with Crippen LogP contribution in [-0.4, -0.2) is 15.2 Å². The number of nitrogen functional groups attached to an aromatic ring is 1. The fourth-order valence-corrected chi connectivity index (χ4v) is 2.45. The Kier molecular flexibility index (Phi) is 2.12. The van der Waals surface area contributed by atoms with E-state index in [1.807, 2.05) is 30.5 Å². The van der Waals surface area contributed by atoms with Gasteiger partial charge >= 0.3 is 0 Å². The van der Waals surface area contributed by atoms with Crippen molar-refractivity contribution in [3.8, 4) is 11.3 Å². The van der Waals surface area contributed by atoms with E-state index >= 15 is 0 Å². The van der Waals surface area contributed by atoms with Gasteiger partial charge in [0.1, 0.15) is 5.69 Å². The van der Waals surface area contributed by atoms with E-state index in [1.54, 1.807) is 0 Å². The molecule has 0 bridgehead atoms. The van der Waals surface area contributed by atoms with Gasteiger partial charge in [0.25, 0.3) is 0 Å². The van der Waals surface area contributed by atoms with E-state index in [1.165, 1.54) is 18.5 Å². The van der Waals surface area contributed by atoms with Gasteiger partial charge in [-0.25, -0.2) is 0 Å². The number of nitrogens with two attached hydrogens (primary N) is 1. The highest BCUT2D eigenvalue weighted by Gasteiger charge is 2.25. The van der Waals surface area contributed by atoms with Gasteiger partial charge in [-0.3, -0.25) is 10.1 Å². The minimum atomic E-state index is 0.648. The predicted molar refractivity (Wildman–Crippen MR) is 75.7 cm³/mol. The molecule has 0 atom stereocenters. The van der Waals surface area contributed by atoms with Gasteiger partial charge in [-0.1, -0.05) is 0 Å². The molecule has 1 saturated carbocycles. The number of nitrogens with one attached hydrogen (secondary N) is 1. The molecule has 0 aliphatic heterocycles. The molecule has 94 valence electrons. The van der Waals surface area contributed by atoms with Gasteiger partial charge in [0.15, 0.2) is 0 Å². The number of anilines is 1. The molecule has 0 saturated heterocycles. The van der Waals surface area contributed by atoms with E-state index in [0.717, 1.165) is 27.8 Å². The van der Waals surface area contributed by atoms with Gasteiger partial charge < -0.3 is 5.73 Å². The van der Waals surface area contributed by atoms with Crippen molar-refractivity contribution in [3.63, 3.8) is 0 Å². The summed E-state index contributed by atoms with van der Waals surface area (Å²) in [7, 11) is 0. The first-order valence-electron chi connectivity index (χ1n) is 6.51. The number of hydrogen-bond acceptors (Lipinski definition) is 3. The van der Waals surface area contributed by atoms with Gasteiger partial charge in [-0.15, -0.1) is 0 Å². The number of fused-ring (bicyclic) bond motifs is 1. The van der Waals surface area contributed by atoms with Crippen molar-refractivity contribution in [2.75, 3.05) is 5.73 Å². The third-order valence-corrected chi connectivity index (χ3v) is 3.64. The monoisotopic (exact) mass is 250 g/mol. The van der Waals surface area contributed by atoms with Crippen LogP contribution in [0.4, 0.5) is 5.69 Å². The molecule has 4 rings (SSSR count). The van der Waals surface area contributed by atoms with Crippen LogP contribution >= 0.6 is 0 Å². The Morgan fingerprint density at radius 2 is 2.05 bits per heavy atom. The molecular weight excluding hydrogens is 236 g/mol. The van der Waals surface area contributed by atoms with Crippen molar-refractivity contribution in [2.24, 2.45) is 0 Å². The molecule has 2 aromatic heterocycles. The van der Waals surface area contributed by atoms with Crippen molar-refractivity contribution in [1.82, 2.24) is 15.2 Å². The Bertz CT molecular complexity index is 756. The van der Waals surface area contributed by atoms with Crippen molar-refractivity contribution >= 4 is 16.6 Å². The molecule has 1 fully saturated rings. The Morgan fingerprint density at radius 1 is 1.16 bits per heavy atom. The second-order valence-electron chi connectivity index (χ2n) is 5.12. The minimum Gasteiger partial charge on any atom is -0.399 e.